The molecule has 0 fully saturated rings. The van der Waals surface area contributed by atoms with Crippen molar-refractivity contribution < 1.29 is 18.1 Å². The van der Waals surface area contributed by atoms with Gasteiger partial charge in [-0.15, -0.1) is 0 Å². The second-order valence-corrected chi connectivity index (χ2v) is 7.32. The van der Waals surface area contributed by atoms with Crippen molar-refractivity contribution in [2.24, 2.45) is 0 Å². The molecule has 3 aromatic rings. The summed E-state index contributed by atoms with van der Waals surface area (Å²) in [6.07, 6.45) is -2.35. The van der Waals surface area contributed by atoms with E-state index in [1.807, 2.05) is 0 Å². The van der Waals surface area contributed by atoms with Crippen LogP contribution in [-0.4, -0.2) is 21.2 Å². The zero-order valence-electron chi connectivity index (χ0n) is 15.5. The van der Waals surface area contributed by atoms with Crippen molar-refractivity contribution in [1.29, 1.82) is 0 Å². The van der Waals surface area contributed by atoms with E-state index >= 15 is 0 Å². The smallest absolute Gasteiger partial charge is 0.370 e. The maximum atomic E-state index is 13.4. The summed E-state index contributed by atoms with van der Waals surface area (Å²) in [5, 5.41) is 18.9. The molecule has 1 N–H and O–H groups in total. The number of nitrogens with one attached hydrogen (secondary N) is 1. The van der Waals surface area contributed by atoms with Gasteiger partial charge in [0.15, 0.2) is 0 Å². The topological polar surface area (TPSA) is 73.0 Å². The van der Waals surface area contributed by atoms with Crippen LogP contribution < -0.4 is 5.32 Å². The van der Waals surface area contributed by atoms with Gasteiger partial charge in [-0.25, -0.2) is 4.68 Å². The predicted molar refractivity (Wildman–Crippen MR) is 107 cm³/mol. The molecule has 2 heterocycles. The summed E-state index contributed by atoms with van der Waals surface area (Å²) >= 11 is 5.76. The van der Waals surface area contributed by atoms with Crippen molar-refractivity contribution in [2.45, 2.75) is 25.4 Å². The number of anilines is 1. The number of alkyl halides is 3. The molecule has 0 unspecified atom stereocenters. The molecule has 30 heavy (non-hydrogen) atoms. The third-order valence-corrected chi connectivity index (χ3v) is 5.31. The first-order valence-corrected chi connectivity index (χ1v) is 9.62. The molecule has 0 spiro atoms. The molecule has 0 saturated heterocycles. The third-order valence-electron chi connectivity index (χ3n) is 4.98. The second-order valence-electron chi connectivity index (χ2n) is 6.91. The molecule has 0 radical (unpaired) electrons. The molecule has 0 bridgehead atoms. The standard InChI is InChI=1S/C20H16ClF3N4O2/c21-15-9-8-12(11-14(15)20(22,23)24)18-13-5-3-4-10-25-19(13)27(26-18)16-6-1-2-7-17(16)28(29)30/h1-2,6-9,11,25H,3-5,10H2. The summed E-state index contributed by atoms with van der Waals surface area (Å²) in [5.74, 6) is 0.556. The number of hydrogen-bond donors (Lipinski definition) is 1. The zero-order chi connectivity index (χ0) is 21.5. The Bertz CT molecular complexity index is 1130. The minimum absolute atomic E-state index is 0.146. The molecule has 156 valence electrons. The van der Waals surface area contributed by atoms with Gasteiger partial charge in [0.25, 0.3) is 5.69 Å². The van der Waals surface area contributed by atoms with Crippen LogP contribution in [0.4, 0.5) is 24.7 Å². The van der Waals surface area contributed by atoms with E-state index in [1.165, 1.54) is 22.9 Å². The molecule has 1 aliphatic rings. The fourth-order valence-corrected chi connectivity index (χ4v) is 3.82. The van der Waals surface area contributed by atoms with Gasteiger partial charge in [-0.05, 0) is 37.5 Å². The zero-order valence-corrected chi connectivity index (χ0v) is 16.3. The van der Waals surface area contributed by atoms with Gasteiger partial charge in [-0.3, -0.25) is 10.1 Å². The number of hydrogen-bond acceptors (Lipinski definition) is 4. The van der Waals surface area contributed by atoms with Crippen molar-refractivity contribution in [2.75, 3.05) is 11.9 Å². The van der Waals surface area contributed by atoms with E-state index in [4.69, 9.17) is 11.6 Å². The van der Waals surface area contributed by atoms with Gasteiger partial charge in [-0.1, -0.05) is 29.8 Å². The molecule has 2 aromatic carbocycles. The fraction of sp³-hybridized carbons (Fsp3) is 0.250. The summed E-state index contributed by atoms with van der Waals surface area (Å²) < 4.78 is 41.5. The maximum Gasteiger partial charge on any atom is 0.417 e. The average molecular weight is 437 g/mol. The van der Waals surface area contributed by atoms with E-state index in [-0.39, 0.29) is 16.9 Å². The number of fused-ring (bicyclic) bond motifs is 1. The highest BCUT2D eigenvalue weighted by molar-refractivity contribution is 6.31. The number of aromatic nitrogens is 2. The van der Waals surface area contributed by atoms with Gasteiger partial charge in [0.2, 0.25) is 0 Å². The third kappa shape index (κ3) is 3.60. The quantitative estimate of drug-likeness (QED) is 0.412. The van der Waals surface area contributed by atoms with Gasteiger partial charge in [-0.2, -0.15) is 18.3 Å². The molecule has 10 heteroatoms. The van der Waals surface area contributed by atoms with Crippen LogP contribution in [0.15, 0.2) is 42.5 Å². The summed E-state index contributed by atoms with van der Waals surface area (Å²) in [6.45, 7) is 0.632. The summed E-state index contributed by atoms with van der Waals surface area (Å²) in [4.78, 5) is 11.0. The Balaban J connectivity index is 1.95. The first-order valence-electron chi connectivity index (χ1n) is 9.24. The van der Waals surface area contributed by atoms with Crippen LogP contribution in [0, 0.1) is 10.1 Å². The largest absolute Gasteiger partial charge is 0.417 e. The van der Waals surface area contributed by atoms with E-state index in [0.717, 1.165) is 24.5 Å². The van der Waals surface area contributed by atoms with E-state index in [9.17, 15) is 23.3 Å². The molecule has 1 aliphatic heterocycles. The van der Waals surface area contributed by atoms with Crippen LogP contribution in [0.25, 0.3) is 16.9 Å². The van der Waals surface area contributed by atoms with Crippen LogP contribution in [0.3, 0.4) is 0 Å². The number of rotatable bonds is 3. The Labute approximate surface area is 174 Å². The Kier molecular flexibility index (Phi) is 5.15. The maximum absolute atomic E-state index is 13.4. The fourth-order valence-electron chi connectivity index (χ4n) is 3.60. The monoisotopic (exact) mass is 436 g/mol. The minimum atomic E-state index is -4.61. The van der Waals surface area contributed by atoms with Crippen LogP contribution in [0.1, 0.15) is 24.0 Å². The number of para-hydroxylation sites is 2. The number of nitrogens with zero attached hydrogens (tertiary/aromatic N) is 3. The molecule has 0 atom stereocenters. The number of benzene rings is 2. The lowest BCUT2D eigenvalue weighted by Crippen LogP contribution is -2.08. The molecule has 4 rings (SSSR count). The number of nitro groups is 1. The highest BCUT2D eigenvalue weighted by atomic mass is 35.5. The van der Waals surface area contributed by atoms with Crippen LogP contribution in [0.2, 0.25) is 5.02 Å². The second kappa shape index (κ2) is 7.64. The lowest BCUT2D eigenvalue weighted by atomic mass is 10.0. The Hall–Kier alpha value is -3.07. The molecular formula is C20H16ClF3N4O2. The first kappa shape index (κ1) is 20.2. The summed E-state index contributed by atoms with van der Waals surface area (Å²) in [6, 6.07) is 9.77. The number of halogens is 4. The van der Waals surface area contributed by atoms with E-state index < -0.39 is 21.7 Å². The van der Waals surface area contributed by atoms with Gasteiger partial charge in [0.05, 0.1) is 21.2 Å². The van der Waals surface area contributed by atoms with Crippen molar-refractivity contribution in [1.82, 2.24) is 9.78 Å². The van der Waals surface area contributed by atoms with Crippen molar-refractivity contribution in [3.63, 3.8) is 0 Å². The van der Waals surface area contributed by atoms with Crippen LogP contribution in [0.5, 0.6) is 0 Å². The normalized spacial score (nSPS) is 14.0. The first-order chi connectivity index (χ1) is 14.3. The van der Waals surface area contributed by atoms with E-state index in [1.54, 1.807) is 18.2 Å². The van der Waals surface area contributed by atoms with Gasteiger partial charge < -0.3 is 5.32 Å². The molecule has 0 saturated carbocycles. The predicted octanol–water partition coefficient (Wildman–Crippen LogP) is 5.87. The lowest BCUT2D eigenvalue weighted by molar-refractivity contribution is -0.384. The lowest BCUT2D eigenvalue weighted by Gasteiger charge is -2.10. The van der Waals surface area contributed by atoms with Gasteiger partial charge >= 0.3 is 6.18 Å². The van der Waals surface area contributed by atoms with Crippen molar-refractivity contribution in [3.05, 3.63) is 68.7 Å². The summed E-state index contributed by atoms with van der Waals surface area (Å²) in [5.41, 5.74) is 0.471. The molecular weight excluding hydrogens is 421 g/mol. The van der Waals surface area contributed by atoms with Crippen molar-refractivity contribution in [3.8, 4) is 16.9 Å². The van der Waals surface area contributed by atoms with Gasteiger partial charge in [0, 0.05) is 23.7 Å². The molecule has 0 aliphatic carbocycles. The molecule has 1 aromatic heterocycles. The van der Waals surface area contributed by atoms with Crippen molar-refractivity contribution >= 4 is 23.1 Å². The molecule has 6 nitrogen and oxygen atoms in total. The van der Waals surface area contributed by atoms with Crippen LogP contribution >= 0.6 is 11.6 Å². The van der Waals surface area contributed by atoms with Gasteiger partial charge in [0.1, 0.15) is 11.5 Å². The SMILES string of the molecule is O=[N+]([O-])c1ccccc1-n1nc(-c2ccc(Cl)c(C(F)(F)F)c2)c2c1NCCCC2. The van der Waals surface area contributed by atoms with E-state index in [0.29, 0.717) is 24.5 Å². The Morgan fingerprint density at radius 2 is 1.93 bits per heavy atom. The van der Waals surface area contributed by atoms with Crippen LogP contribution in [-0.2, 0) is 12.6 Å². The minimum Gasteiger partial charge on any atom is -0.370 e. The Morgan fingerprint density at radius 1 is 1.17 bits per heavy atom. The number of nitro benzene ring substituents is 1. The highest BCUT2D eigenvalue weighted by Crippen LogP contribution is 2.40. The molecule has 0 amide bonds. The average Bonchev–Trinajstić information content (AvgIpc) is 2.88. The highest BCUT2D eigenvalue weighted by Gasteiger charge is 2.34. The Morgan fingerprint density at radius 3 is 2.67 bits per heavy atom. The summed E-state index contributed by atoms with van der Waals surface area (Å²) in [7, 11) is 0. The van der Waals surface area contributed by atoms with E-state index in [2.05, 4.69) is 10.4 Å².